The van der Waals surface area contributed by atoms with Gasteiger partial charge in [0.05, 0.1) is 11.1 Å². The Balaban J connectivity index is 2.38. The number of hydrogen-bond acceptors (Lipinski definition) is 4. The highest BCUT2D eigenvalue weighted by Crippen LogP contribution is 2.38. The quantitative estimate of drug-likeness (QED) is 0.566. The van der Waals surface area contributed by atoms with Crippen LogP contribution in [-0.4, -0.2) is 19.7 Å². The Bertz CT molecular complexity index is 1010. The maximum Gasteiger partial charge on any atom is 0.451 e. The minimum absolute atomic E-state index is 0.297. The lowest BCUT2D eigenvalue weighted by molar-refractivity contribution is -0.151. The molecule has 2 aromatic heterocycles. The number of fused-ring (bicyclic) bond motifs is 1. The first kappa shape index (κ1) is 18.4. The van der Waals surface area contributed by atoms with Gasteiger partial charge in [-0.1, -0.05) is 15.9 Å². The van der Waals surface area contributed by atoms with E-state index in [1.54, 1.807) is 19.1 Å². The first-order valence-corrected chi connectivity index (χ1v) is 7.66. The van der Waals surface area contributed by atoms with Gasteiger partial charge in [0, 0.05) is 4.47 Å². The van der Waals surface area contributed by atoms with Crippen LogP contribution in [0.3, 0.4) is 0 Å². The Labute approximate surface area is 150 Å². The molecule has 0 bridgehead atoms. The summed E-state index contributed by atoms with van der Waals surface area (Å²) >= 11 is 3.23. The maximum atomic E-state index is 13.3. The van der Waals surface area contributed by atoms with Gasteiger partial charge in [0.25, 0.3) is 0 Å². The summed E-state index contributed by atoms with van der Waals surface area (Å²) in [5.74, 6) is -2.44. The van der Waals surface area contributed by atoms with Crippen LogP contribution in [0.2, 0.25) is 0 Å². The van der Waals surface area contributed by atoms with Gasteiger partial charge in [0.1, 0.15) is 5.82 Å². The number of hydrogen-bond donors (Lipinski definition) is 1. The number of aromatic nitrogens is 4. The molecule has 0 aliphatic carbocycles. The summed E-state index contributed by atoms with van der Waals surface area (Å²) in [5.41, 5.74) is 4.06. The van der Waals surface area contributed by atoms with Crippen molar-refractivity contribution in [2.75, 3.05) is 5.73 Å². The Morgan fingerprint density at radius 1 is 1.04 bits per heavy atom. The van der Waals surface area contributed by atoms with E-state index < -0.39 is 40.7 Å². The molecule has 0 fully saturated rings. The molecule has 2 N–H and O–H groups in total. The van der Waals surface area contributed by atoms with Gasteiger partial charge in [-0.25, -0.2) is 14.6 Å². The molecule has 0 radical (unpaired) electrons. The van der Waals surface area contributed by atoms with Crippen molar-refractivity contribution < 1.29 is 26.3 Å². The number of benzene rings is 1. The first-order valence-electron chi connectivity index (χ1n) is 6.86. The van der Waals surface area contributed by atoms with Gasteiger partial charge in [-0.3, -0.25) is 0 Å². The Hall–Kier alpha value is -2.37. The Morgan fingerprint density at radius 3 is 2.23 bits per heavy atom. The monoisotopic (exact) mass is 439 g/mol. The molecule has 5 nitrogen and oxygen atoms in total. The molecule has 0 atom stereocenters. The smallest absolute Gasteiger partial charge is 0.383 e. The third-order valence-corrected chi connectivity index (χ3v) is 3.97. The van der Waals surface area contributed by atoms with Crippen LogP contribution in [0.1, 0.15) is 17.1 Å². The summed E-state index contributed by atoms with van der Waals surface area (Å²) in [4.78, 5) is 5.76. The van der Waals surface area contributed by atoms with E-state index in [0.29, 0.717) is 15.7 Å². The van der Waals surface area contributed by atoms with E-state index in [9.17, 15) is 26.3 Å². The SMILES string of the molecule is Cc1cc(Br)ccc1-n1nc2nc(C(F)(F)F)nc(C(F)(F)F)c2c1N. The van der Waals surface area contributed by atoms with Crippen LogP contribution in [0.15, 0.2) is 22.7 Å². The van der Waals surface area contributed by atoms with Crippen molar-refractivity contribution in [1.29, 1.82) is 0 Å². The number of halogens is 7. The second kappa shape index (κ2) is 5.83. The van der Waals surface area contributed by atoms with Crippen LogP contribution in [0.25, 0.3) is 16.7 Å². The molecule has 1 aromatic carbocycles. The van der Waals surface area contributed by atoms with E-state index in [2.05, 4.69) is 31.0 Å². The van der Waals surface area contributed by atoms with Crippen molar-refractivity contribution in [1.82, 2.24) is 19.7 Å². The number of anilines is 1. The summed E-state index contributed by atoms with van der Waals surface area (Å²) in [6.07, 6.45) is -10.3. The Morgan fingerprint density at radius 2 is 1.69 bits per heavy atom. The fraction of sp³-hybridized carbons (Fsp3) is 0.214. The normalized spacial score (nSPS) is 12.8. The third-order valence-electron chi connectivity index (χ3n) is 3.48. The first-order chi connectivity index (χ1) is 11.9. The lowest BCUT2D eigenvalue weighted by Crippen LogP contribution is -2.17. The number of alkyl halides is 6. The van der Waals surface area contributed by atoms with E-state index in [0.717, 1.165) is 4.68 Å². The van der Waals surface area contributed by atoms with Crippen LogP contribution in [0, 0.1) is 6.92 Å². The number of aryl methyl sites for hydroxylation is 1. The minimum atomic E-state index is -5.17. The lowest BCUT2D eigenvalue weighted by atomic mass is 10.2. The molecule has 0 aliphatic rings. The second-order valence-electron chi connectivity index (χ2n) is 5.32. The van der Waals surface area contributed by atoms with Crippen molar-refractivity contribution in [3.63, 3.8) is 0 Å². The van der Waals surface area contributed by atoms with Crippen LogP contribution >= 0.6 is 15.9 Å². The molecule has 0 spiro atoms. The molecule has 3 aromatic rings. The minimum Gasteiger partial charge on any atom is -0.383 e. The summed E-state index contributed by atoms with van der Waals surface area (Å²) in [5, 5.41) is 2.96. The zero-order chi connectivity index (χ0) is 19.4. The molecule has 12 heteroatoms. The van der Waals surface area contributed by atoms with E-state index >= 15 is 0 Å². The zero-order valence-electron chi connectivity index (χ0n) is 12.7. The van der Waals surface area contributed by atoms with Gasteiger partial charge < -0.3 is 5.73 Å². The predicted octanol–water partition coefficient (Wildman–Crippen LogP) is 4.51. The van der Waals surface area contributed by atoms with E-state index in [1.165, 1.54) is 6.07 Å². The largest absolute Gasteiger partial charge is 0.451 e. The molecular weight excluding hydrogens is 432 g/mol. The second-order valence-corrected chi connectivity index (χ2v) is 6.23. The van der Waals surface area contributed by atoms with Gasteiger partial charge in [-0.2, -0.15) is 26.3 Å². The van der Waals surface area contributed by atoms with Crippen LogP contribution in [0.4, 0.5) is 32.2 Å². The summed E-state index contributed by atoms with van der Waals surface area (Å²) < 4.78 is 80.0. The molecule has 2 heterocycles. The molecular formula is C14H8BrF6N5. The fourth-order valence-electron chi connectivity index (χ4n) is 2.38. The average molecular weight is 440 g/mol. The van der Waals surface area contributed by atoms with Crippen molar-refractivity contribution in [2.45, 2.75) is 19.3 Å². The number of rotatable bonds is 1. The summed E-state index contributed by atoms with van der Waals surface area (Å²) in [6.45, 7) is 1.64. The van der Waals surface area contributed by atoms with Gasteiger partial charge in [-0.05, 0) is 30.7 Å². The summed E-state index contributed by atoms with van der Waals surface area (Å²) in [6, 6.07) is 4.75. The number of nitrogens with two attached hydrogens (primary N) is 1. The van der Waals surface area contributed by atoms with Gasteiger partial charge in [0.15, 0.2) is 11.3 Å². The maximum absolute atomic E-state index is 13.3. The van der Waals surface area contributed by atoms with Crippen LogP contribution < -0.4 is 5.73 Å². The van der Waals surface area contributed by atoms with Crippen molar-refractivity contribution in [3.8, 4) is 5.69 Å². The van der Waals surface area contributed by atoms with Crippen molar-refractivity contribution in [3.05, 3.63) is 39.8 Å². The number of nitrogens with zero attached hydrogens (tertiary/aromatic N) is 4. The van der Waals surface area contributed by atoms with Crippen LogP contribution in [0.5, 0.6) is 0 Å². The van der Waals surface area contributed by atoms with Crippen molar-refractivity contribution in [2.24, 2.45) is 0 Å². The fourth-order valence-corrected chi connectivity index (χ4v) is 2.86. The van der Waals surface area contributed by atoms with Gasteiger partial charge in [0.2, 0.25) is 5.82 Å². The topological polar surface area (TPSA) is 69.6 Å². The number of nitrogen functional groups attached to an aromatic ring is 1. The lowest BCUT2D eigenvalue weighted by Gasteiger charge is -2.11. The molecule has 0 aliphatic heterocycles. The molecule has 26 heavy (non-hydrogen) atoms. The third kappa shape index (κ3) is 3.08. The molecule has 0 saturated heterocycles. The molecule has 3 rings (SSSR count). The highest BCUT2D eigenvalue weighted by molar-refractivity contribution is 9.10. The highest BCUT2D eigenvalue weighted by Gasteiger charge is 2.43. The molecule has 0 saturated carbocycles. The molecule has 0 amide bonds. The predicted molar refractivity (Wildman–Crippen MR) is 83.5 cm³/mol. The standard InChI is InChI=1S/C14H8BrF6N5/c1-5-4-6(15)2-3-7(5)26-10(22)8-9(13(16,17)18)23-12(14(19,20)21)24-11(8)25-26/h2-4H,22H2,1H3. The van der Waals surface area contributed by atoms with E-state index in [-0.39, 0.29) is 0 Å². The van der Waals surface area contributed by atoms with Crippen LogP contribution in [-0.2, 0) is 12.4 Å². The summed E-state index contributed by atoms with van der Waals surface area (Å²) in [7, 11) is 0. The average Bonchev–Trinajstić information content (AvgIpc) is 2.81. The van der Waals surface area contributed by atoms with E-state index in [4.69, 9.17) is 5.73 Å². The van der Waals surface area contributed by atoms with Crippen molar-refractivity contribution >= 4 is 32.8 Å². The highest BCUT2D eigenvalue weighted by atomic mass is 79.9. The molecule has 0 unspecified atom stereocenters. The zero-order valence-corrected chi connectivity index (χ0v) is 14.3. The van der Waals surface area contributed by atoms with Gasteiger partial charge in [-0.15, -0.1) is 5.10 Å². The Kier molecular flexibility index (Phi) is 4.13. The van der Waals surface area contributed by atoms with E-state index in [1.807, 2.05) is 0 Å². The van der Waals surface area contributed by atoms with Gasteiger partial charge >= 0.3 is 12.4 Å². The molecule has 138 valence electrons.